The van der Waals surface area contributed by atoms with Crippen LogP contribution in [0.1, 0.15) is 22.3 Å². The van der Waals surface area contributed by atoms with Crippen molar-refractivity contribution < 1.29 is 24.5 Å². The highest BCUT2D eigenvalue weighted by Crippen LogP contribution is 2.63. The summed E-state index contributed by atoms with van der Waals surface area (Å²) >= 11 is 0. The van der Waals surface area contributed by atoms with Crippen LogP contribution < -0.4 is 5.73 Å². The van der Waals surface area contributed by atoms with E-state index in [2.05, 4.69) is 6.58 Å². The molecule has 1 saturated heterocycles. The van der Waals surface area contributed by atoms with Crippen molar-refractivity contribution in [3.8, 4) is 0 Å². The van der Waals surface area contributed by atoms with E-state index in [-0.39, 0.29) is 40.5 Å². The van der Waals surface area contributed by atoms with Gasteiger partial charge < -0.3 is 20.7 Å². The summed E-state index contributed by atoms with van der Waals surface area (Å²) in [6, 6.07) is 6.87. The van der Waals surface area contributed by atoms with Crippen molar-refractivity contribution in [3.63, 3.8) is 0 Å². The van der Waals surface area contributed by atoms with Crippen LogP contribution in [-0.2, 0) is 16.0 Å². The second-order valence-electron chi connectivity index (χ2n) is 8.86. The van der Waals surface area contributed by atoms with Crippen molar-refractivity contribution in [1.29, 1.82) is 0 Å². The third kappa shape index (κ3) is 2.18. The molecule has 1 aromatic rings. The Morgan fingerprint density at radius 2 is 1.93 bits per heavy atom. The SMILES string of the molecule is C=C1OC12C(C(N)=O)=C(O)[C@@H](N(C)C)[C@@H]1C[C@@H]3Cc4ccccc4C(=O)C3=C(O)C12. The van der Waals surface area contributed by atoms with Gasteiger partial charge in [0.05, 0.1) is 12.0 Å². The molecule has 7 heteroatoms. The van der Waals surface area contributed by atoms with Gasteiger partial charge in [-0.15, -0.1) is 0 Å². The lowest BCUT2D eigenvalue weighted by molar-refractivity contribution is -0.116. The summed E-state index contributed by atoms with van der Waals surface area (Å²) in [5.41, 5.74) is 6.08. The van der Waals surface area contributed by atoms with E-state index in [0.29, 0.717) is 24.0 Å². The number of ether oxygens (including phenoxy) is 1. The molecule has 1 amide bonds. The van der Waals surface area contributed by atoms with Crippen molar-refractivity contribution in [2.24, 2.45) is 23.5 Å². The van der Waals surface area contributed by atoms with Crippen LogP contribution in [0, 0.1) is 17.8 Å². The van der Waals surface area contributed by atoms with Crippen molar-refractivity contribution in [1.82, 2.24) is 4.90 Å². The van der Waals surface area contributed by atoms with E-state index in [1.165, 1.54) is 0 Å². The van der Waals surface area contributed by atoms with E-state index in [1.54, 1.807) is 20.2 Å². The van der Waals surface area contributed by atoms with Gasteiger partial charge in [-0.1, -0.05) is 30.8 Å². The number of carbonyl (C=O) groups excluding carboxylic acids is 2. The first kappa shape index (κ1) is 18.9. The molecule has 0 aromatic heterocycles. The van der Waals surface area contributed by atoms with E-state index in [1.807, 2.05) is 23.1 Å². The number of aliphatic hydroxyl groups is 2. The van der Waals surface area contributed by atoms with Crippen LogP contribution in [0.2, 0.25) is 0 Å². The molecule has 4 aliphatic rings. The molecule has 5 atom stereocenters. The van der Waals surface area contributed by atoms with Crippen LogP contribution in [0.5, 0.6) is 0 Å². The molecule has 0 radical (unpaired) electrons. The number of carbonyl (C=O) groups is 2. The van der Waals surface area contributed by atoms with Gasteiger partial charge in [0, 0.05) is 11.1 Å². The zero-order valence-electron chi connectivity index (χ0n) is 16.9. The second kappa shape index (κ2) is 5.98. The van der Waals surface area contributed by atoms with E-state index in [0.717, 1.165) is 5.56 Å². The molecule has 1 spiro atoms. The molecule has 0 saturated carbocycles. The maximum atomic E-state index is 13.3. The highest BCUT2D eigenvalue weighted by Gasteiger charge is 2.71. The van der Waals surface area contributed by atoms with Crippen LogP contribution in [0.3, 0.4) is 0 Å². The van der Waals surface area contributed by atoms with Crippen molar-refractivity contribution in [2.75, 3.05) is 14.1 Å². The van der Waals surface area contributed by atoms with Gasteiger partial charge in [-0.05, 0) is 44.3 Å². The number of primary amides is 1. The van der Waals surface area contributed by atoms with Crippen LogP contribution in [-0.4, -0.2) is 52.5 Å². The zero-order valence-corrected chi connectivity index (χ0v) is 16.9. The van der Waals surface area contributed by atoms with E-state index in [4.69, 9.17) is 10.5 Å². The third-order valence-corrected chi connectivity index (χ3v) is 7.15. The summed E-state index contributed by atoms with van der Waals surface area (Å²) in [4.78, 5) is 27.4. The van der Waals surface area contributed by atoms with Gasteiger partial charge in [0.2, 0.25) is 5.60 Å². The fourth-order valence-corrected chi connectivity index (χ4v) is 6.01. The molecule has 1 aromatic carbocycles. The fraction of sp³-hybridized carbons (Fsp3) is 0.391. The normalized spacial score (nSPS) is 34.5. The largest absolute Gasteiger partial charge is 0.511 e. The van der Waals surface area contributed by atoms with Gasteiger partial charge in [0.25, 0.3) is 5.91 Å². The number of rotatable bonds is 2. The number of ketones is 1. The highest BCUT2D eigenvalue weighted by molar-refractivity contribution is 6.11. The molecule has 4 N–H and O–H groups in total. The maximum Gasteiger partial charge on any atom is 0.252 e. The number of nitrogens with two attached hydrogens (primary N) is 1. The Bertz CT molecular complexity index is 1080. The number of epoxide rings is 1. The second-order valence-corrected chi connectivity index (χ2v) is 8.86. The summed E-state index contributed by atoms with van der Waals surface area (Å²) < 4.78 is 5.70. The van der Waals surface area contributed by atoms with Crippen molar-refractivity contribution >= 4 is 11.7 Å². The van der Waals surface area contributed by atoms with E-state index in [9.17, 15) is 19.8 Å². The first-order valence-corrected chi connectivity index (χ1v) is 10.0. The van der Waals surface area contributed by atoms with E-state index < -0.39 is 23.5 Å². The molecule has 5 rings (SSSR count). The Balaban J connectivity index is 1.74. The number of fused-ring (bicyclic) bond motifs is 4. The molecule has 7 nitrogen and oxygen atoms in total. The van der Waals surface area contributed by atoms with Gasteiger partial charge in [0.15, 0.2) is 5.78 Å². The minimum Gasteiger partial charge on any atom is -0.511 e. The van der Waals surface area contributed by atoms with Crippen LogP contribution in [0.15, 0.2) is 59.3 Å². The molecule has 156 valence electrons. The van der Waals surface area contributed by atoms with Gasteiger partial charge in [-0.3, -0.25) is 14.5 Å². The first-order valence-electron chi connectivity index (χ1n) is 10.0. The molecule has 0 bridgehead atoms. The highest BCUT2D eigenvalue weighted by atomic mass is 16.6. The smallest absolute Gasteiger partial charge is 0.252 e. The molecule has 2 unspecified atom stereocenters. The number of benzene rings is 1. The lowest BCUT2D eigenvalue weighted by Crippen LogP contribution is -2.56. The molecule has 1 heterocycles. The molecule has 1 aliphatic heterocycles. The number of amides is 1. The Labute approximate surface area is 174 Å². The molecular weight excluding hydrogens is 384 g/mol. The predicted molar refractivity (Wildman–Crippen MR) is 108 cm³/mol. The predicted octanol–water partition coefficient (Wildman–Crippen LogP) is 2.01. The topological polar surface area (TPSA) is 116 Å². The molecular formula is C23H24N2O5. The fourth-order valence-electron chi connectivity index (χ4n) is 6.01. The quantitative estimate of drug-likeness (QED) is 0.645. The number of aliphatic hydroxyl groups excluding tert-OH is 2. The number of allylic oxidation sites excluding steroid dienone is 1. The number of Topliss-reactive ketones (excluding diaryl/α,β-unsaturated/α-hetero) is 1. The minimum absolute atomic E-state index is 0.0764. The van der Waals surface area contributed by atoms with Crippen LogP contribution >= 0.6 is 0 Å². The Hall–Kier alpha value is -3.06. The summed E-state index contributed by atoms with van der Waals surface area (Å²) in [5, 5.41) is 22.5. The zero-order chi connectivity index (χ0) is 21.5. The van der Waals surface area contributed by atoms with Crippen molar-refractivity contribution in [3.05, 3.63) is 70.4 Å². The maximum absolute atomic E-state index is 13.3. The molecule has 3 aliphatic carbocycles. The van der Waals surface area contributed by atoms with Gasteiger partial charge in [-0.25, -0.2) is 0 Å². The first-order chi connectivity index (χ1) is 14.2. The third-order valence-electron chi connectivity index (χ3n) is 7.15. The number of likely N-dealkylation sites (N-methyl/N-ethyl adjacent to an activating group) is 1. The molecule has 1 fully saturated rings. The monoisotopic (exact) mass is 408 g/mol. The number of hydrogen-bond donors (Lipinski definition) is 3. The summed E-state index contributed by atoms with van der Waals surface area (Å²) in [6.07, 6.45) is 1.19. The Morgan fingerprint density at radius 1 is 1.27 bits per heavy atom. The summed E-state index contributed by atoms with van der Waals surface area (Å²) in [5.74, 6) is -2.15. The Morgan fingerprint density at radius 3 is 2.53 bits per heavy atom. The minimum atomic E-state index is -1.38. The van der Waals surface area contributed by atoms with Gasteiger partial charge in [0.1, 0.15) is 22.9 Å². The lowest BCUT2D eigenvalue weighted by atomic mass is 9.57. The average Bonchev–Trinajstić information content (AvgIpc) is 3.30. The van der Waals surface area contributed by atoms with Crippen molar-refractivity contribution in [2.45, 2.75) is 24.5 Å². The number of hydrogen-bond acceptors (Lipinski definition) is 6. The lowest BCUT2D eigenvalue weighted by Gasteiger charge is -2.48. The standard InChI is InChI=1S/C23H24N2O5/c1-10-23(30-10)16-14(18(25(2)3)21(28)17(23)22(24)29)9-12-8-11-6-4-5-7-13(11)19(26)15(12)20(16)27/h4-7,12,14,16,18,27-28H,1,8-9H2,2-3H3,(H2,24,29)/t12-,14+,16?,18-,23?/m0/s1. The average molecular weight is 408 g/mol. The van der Waals surface area contributed by atoms with E-state index >= 15 is 0 Å². The van der Waals surface area contributed by atoms with Gasteiger partial charge in [-0.2, -0.15) is 0 Å². The Kier molecular flexibility index (Phi) is 3.78. The summed E-state index contributed by atoms with van der Waals surface area (Å²) in [7, 11) is 3.60. The number of nitrogens with zero attached hydrogens (tertiary/aromatic N) is 1. The summed E-state index contributed by atoms with van der Waals surface area (Å²) in [6.45, 7) is 3.86. The van der Waals surface area contributed by atoms with Crippen LogP contribution in [0.4, 0.5) is 0 Å². The van der Waals surface area contributed by atoms with Crippen LogP contribution in [0.25, 0.3) is 0 Å². The molecule has 30 heavy (non-hydrogen) atoms. The van der Waals surface area contributed by atoms with Gasteiger partial charge >= 0.3 is 0 Å².